The molecule has 2 rings (SSSR count). The van der Waals surface area contributed by atoms with Crippen molar-refractivity contribution >= 4 is 5.78 Å². The van der Waals surface area contributed by atoms with Gasteiger partial charge in [0.05, 0.1) is 12.0 Å². The van der Waals surface area contributed by atoms with Crippen LogP contribution in [0.3, 0.4) is 0 Å². The predicted molar refractivity (Wildman–Crippen MR) is 67.4 cm³/mol. The van der Waals surface area contributed by atoms with Gasteiger partial charge in [-0.1, -0.05) is 12.1 Å². The number of carbonyl (C=O) groups is 1. The van der Waals surface area contributed by atoms with E-state index in [1.807, 2.05) is 6.92 Å². The van der Waals surface area contributed by atoms with E-state index in [9.17, 15) is 18.0 Å². The number of imidazole rings is 1. The minimum atomic E-state index is -4.45. The third-order valence-electron chi connectivity index (χ3n) is 2.97. The average Bonchev–Trinajstić information content (AvgIpc) is 2.85. The van der Waals surface area contributed by atoms with Crippen molar-refractivity contribution in [3.05, 3.63) is 53.6 Å². The van der Waals surface area contributed by atoms with Crippen molar-refractivity contribution < 1.29 is 18.0 Å². The van der Waals surface area contributed by atoms with Gasteiger partial charge < -0.3 is 4.57 Å². The molecule has 0 amide bonds. The summed E-state index contributed by atoms with van der Waals surface area (Å²) in [5.74, 6) is 0.173. The maximum Gasteiger partial charge on any atom is 0.416 e. The highest BCUT2D eigenvalue weighted by Gasteiger charge is 2.30. The third-order valence-corrected chi connectivity index (χ3v) is 2.97. The van der Waals surface area contributed by atoms with Gasteiger partial charge in [-0.15, -0.1) is 0 Å². The molecule has 106 valence electrons. The van der Waals surface area contributed by atoms with Crippen molar-refractivity contribution in [2.75, 3.05) is 0 Å². The van der Waals surface area contributed by atoms with Crippen molar-refractivity contribution in [2.45, 2.75) is 26.1 Å². The number of aryl methyl sites for hydroxylation is 1. The molecular weight excluding hydrogens is 269 g/mol. The Morgan fingerprint density at radius 1 is 1.35 bits per heavy atom. The number of halogens is 3. The highest BCUT2D eigenvalue weighted by atomic mass is 19.4. The number of rotatable bonds is 4. The Labute approximate surface area is 114 Å². The molecule has 0 N–H and O–H groups in total. The van der Waals surface area contributed by atoms with Crippen molar-refractivity contribution in [3.63, 3.8) is 0 Å². The maximum absolute atomic E-state index is 12.6. The predicted octanol–water partition coefficient (Wildman–Crippen LogP) is 3.35. The number of carbonyl (C=O) groups excluding carboxylic acids is 1. The zero-order valence-corrected chi connectivity index (χ0v) is 10.8. The normalized spacial score (nSPS) is 11.6. The standard InChI is InChI=1S/C14H13F3N2O/c1-2-19-7-6-18-13(19)9-12(20)10-4-3-5-11(8-10)14(15,16)17/h3-8H,2,9H2,1H3. The number of benzene rings is 1. The molecule has 0 fully saturated rings. The Morgan fingerprint density at radius 3 is 2.75 bits per heavy atom. The lowest BCUT2D eigenvalue weighted by atomic mass is 10.0. The molecule has 0 aliphatic carbocycles. The Morgan fingerprint density at radius 2 is 2.10 bits per heavy atom. The second-order valence-electron chi connectivity index (χ2n) is 4.31. The first-order valence-corrected chi connectivity index (χ1v) is 6.12. The van der Waals surface area contributed by atoms with E-state index in [0.717, 1.165) is 12.1 Å². The zero-order valence-electron chi connectivity index (χ0n) is 10.8. The SMILES string of the molecule is CCn1ccnc1CC(=O)c1cccc(C(F)(F)F)c1. The number of Topliss-reactive ketones (excluding diaryl/α,β-unsaturated/α-hetero) is 1. The van der Waals surface area contributed by atoms with E-state index in [-0.39, 0.29) is 17.8 Å². The van der Waals surface area contributed by atoms with E-state index in [0.29, 0.717) is 12.4 Å². The molecule has 0 saturated carbocycles. The summed E-state index contributed by atoms with van der Waals surface area (Å²) in [6.07, 6.45) is -1.16. The van der Waals surface area contributed by atoms with Crippen LogP contribution in [0.4, 0.5) is 13.2 Å². The van der Waals surface area contributed by atoms with Gasteiger partial charge in [0.1, 0.15) is 5.82 Å². The molecule has 3 nitrogen and oxygen atoms in total. The van der Waals surface area contributed by atoms with Gasteiger partial charge in [-0.2, -0.15) is 13.2 Å². The van der Waals surface area contributed by atoms with Crippen molar-refractivity contribution in [3.8, 4) is 0 Å². The van der Waals surface area contributed by atoms with E-state index >= 15 is 0 Å². The molecule has 0 aliphatic rings. The first kappa shape index (κ1) is 14.3. The number of alkyl halides is 3. The topological polar surface area (TPSA) is 34.9 Å². The number of hydrogen-bond acceptors (Lipinski definition) is 2. The van der Waals surface area contributed by atoms with E-state index < -0.39 is 11.7 Å². The molecule has 0 bridgehead atoms. The van der Waals surface area contributed by atoms with Gasteiger partial charge in [-0.25, -0.2) is 4.98 Å². The molecular formula is C14H13F3N2O. The first-order valence-electron chi connectivity index (χ1n) is 6.12. The minimum Gasteiger partial charge on any atom is -0.335 e. The highest BCUT2D eigenvalue weighted by Crippen LogP contribution is 2.29. The molecule has 0 spiro atoms. The Kier molecular flexibility index (Phi) is 3.92. The number of ketones is 1. The molecule has 0 aliphatic heterocycles. The van der Waals surface area contributed by atoms with Gasteiger partial charge in [0, 0.05) is 24.5 Å². The fraction of sp³-hybridized carbons (Fsp3) is 0.286. The van der Waals surface area contributed by atoms with Gasteiger partial charge in [-0.3, -0.25) is 4.79 Å². The van der Waals surface area contributed by atoms with Crippen LogP contribution in [-0.4, -0.2) is 15.3 Å². The molecule has 0 saturated heterocycles. The van der Waals surface area contributed by atoms with E-state index in [2.05, 4.69) is 4.98 Å². The molecule has 6 heteroatoms. The van der Waals surface area contributed by atoms with Crippen molar-refractivity contribution in [2.24, 2.45) is 0 Å². The summed E-state index contributed by atoms with van der Waals surface area (Å²) in [5.41, 5.74) is -0.771. The van der Waals surface area contributed by atoms with Crippen LogP contribution in [0, 0.1) is 0 Å². The highest BCUT2D eigenvalue weighted by molar-refractivity contribution is 5.97. The monoisotopic (exact) mass is 282 g/mol. The summed E-state index contributed by atoms with van der Waals surface area (Å²) in [6, 6.07) is 4.45. The number of hydrogen-bond donors (Lipinski definition) is 0. The molecule has 1 heterocycles. The fourth-order valence-electron chi connectivity index (χ4n) is 1.91. The molecule has 1 aromatic heterocycles. The number of aromatic nitrogens is 2. The Balaban J connectivity index is 2.22. The Bertz CT molecular complexity index is 617. The average molecular weight is 282 g/mol. The van der Waals surface area contributed by atoms with Crippen LogP contribution in [0.1, 0.15) is 28.7 Å². The molecule has 0 radical (unpaired) electrons. The van der Waals surface area contributed by atoms with Crippen LogP contribution in [-0.2, 0) is 19.1 Å². The van der Waals surface area contributed by atoms with Crippen LogP contribution in [0.25, 0.3) is 0 Å². The van der Waals surface area contributed by atoms with Crippen LogP contribution in [0.5, 0.6) is 0 Å². The molecule has 2 aromatic rings. The first-order chi connectivity index (χ1) is 9.41. The summed E-state index contributed by atoms with van der Waals surface area (Å²) >= 11 is 0. The quantitative estimate of drug-likeness (QED) is 0.806. The van der Waals surface area contributed by atoms with Crippen LogP contribution < -0.4 is 0 Å². The van der Waals surface area contributed by atoms with Crippen LogP contribution in [0.2, 0.25) is 0 Å². The third kappa shape index (κ3) is 3.07. The lowest BCUT2D eigenvalue weighted by molar-refractivity contribution is -0.137. The van der Waals surface area contributed by atoms with Crippen LogP contribution in [0.15, 0.2) is 36.7 Å². The van der Waals surface area contributed by atoms with Gasteiger partial charge in [0.15, 0.2) is 5.78 Å². The maximum atomic E-state index is 12.6. The van der Waals surface area contributed by atoms with Gasteiger partial charge in [0.25, 0.3) is 0 Å². The summed E-state index contributed by atoms with van der Waals surface area (Å²) in [4.78, 5) is 16.1. The van der Waals surface area contributed by atoms with Gasteiger partial charge in [-0.05, 0) is 19.1 Å². The molecule has 0 atom stereocenters. The van der Waals surface area contributed by atoms with E-state index in [4.69, 9.17) is 0 Å². The Hall–Kier alpha value is -2.11. The number of nitrogens with zero attached hydrogens (tertiary/aromatic N) is 2. The lowest BCUT2D eigenvalue weighted by Crippen LogP contribution is -2.11. The van der Waals surface area contributed by atoms with Crippen molar-refractivity contribution in [1.82, 2.24) is 9.55 Å². The van der Waals surface area contributed by atoms with E-state index in [1.54, 1.807) is 17.0 Å². The zero-order chi connectivity index (χ0) is 14.8. The summed E-state index contributed by atoms with van der Waals surface area (Å²) < 4.78 is 39.6. The minimum absolute atomic E-state index is 0.0118. The smallest absolute Gasteiger partial charge is 0.335 e. The second-order valence-corrected chi connectivity index (χ2v) is 4.31. The molecule has 20 heavy (non-hydrogen) atoms. The van der Waals surface area contributed by atoms with E-state index in [1.165, 1.54) is 12.1 Å². The molecule has 0 unspecified atom stereocenters. The lowest BCUT2D eigenvalue weighted by Gasteiger charge is -2.08. The van der Waals surface area contributed by atoms with Gasteiger partial charge >= 0.3 is 6.18 Å². The second kappa shape index (κ2) is 5.48. The summed E-state index contributed by atoms with van der Waals surface area (Å²) in [5, 5.41) is 0. The van der Waals surface area contributed by atoms with Crippen LogP contribution >= 0.6 is 0 Å². The van der Waals surface area contributed by atoms with Crippen molar-refractivity contribution in [1.29, 1.82) is 0 Å². The fourth-order valence-corrected chi connectivity index (χ4v) is 1.91. The molecule has 1 aromatic carbocycles. The van der Waals surface area contributed by atoms with Gasteiger partial charge in [0.2, 0.25) is 0 Å². The largest absolute Gasteiger partial charge is 0.416 e. The summed E-state index contributed by atoms with van der Waals surface area (Å²) in [7, 11) is 0. The summed E-state index contributed by atoms with van der Waals surface area (Å²) in [6.45, 7) is 2.56.